The van der Waals surface area contributed by atoms with Crippen molar-refractivity contribution < 1.29 is 14.6 Å². The molecule has 1 rings (SSSR count). The van der Waals surface area contributed by atoms with Crippen LogP contribution >= 0.6 is 0 Å². The highest BCUT2D eigenvalue weighted by atomic mass is 16.7. The van der Waals surface area contributed by atoms with Crippen molar-refractivity contribution in [3.63, 3.8) is 0 Å². The minimum Gasteiger partial charge on any atom is -0.450 e. The number of carbonyl (C=O) groups is 1. The maximum absolute atomic E-state index is 9.89. The molecule has 0 amide bonds. The normalized spacial score (nSPS) is 9.09. The second kappa shape index (κ2) is 3.50. The summed E-state index contributed by atoms with van der Waals surface area (Å²) in [4.78, 5) is 17.4. The van der Waals surface area contributed by atoms with Gasteiger partial charge in [-0.25, -0.2) is 14.8 Å². The Labute approximate surface area is 62.7 Å². The van der Waals surface area contributed by atoms with Gasteiger partial charge in [-0.2, -0.15) is 0 Å². The highest BCUT2D eigenvalue weighted by Gasteiger charge is 1.98. The maximum atomic E-state index is 9.89. The molecule has 0 saturated carbocycles. The van der Waals surface area contributed by atoms with E-state index in [0.29, 0.717) is 5.82 Å². The lowest BCUT2D eigenvalue weighted by Gasteiger charge is -1.96. The third-order valence-electron chi connectivity index (χ3n) is 0.944. The molecule has 0 radical (unpaired) electrons. The van der Waals surface area contributed by atoms with E-state index in [-0.39, 0.29) is 6.61 Å². The van der Waals surface area contributed by atoms with E-state index in [0.717, 1.165) is 0 Å². The van der Waals surface area contributed by atoms with Gasteiger partial charge < -0.3 is 9.84 Å². The Morgan fingerprint density at radius 1 is 1.55 bits per heavy atom. The molecule has 0 atom stereocenters. The molecule has 5 heteroatoms. The van der Waals surface area contributed by atoms with Gasteiger partial charge in [0.25, 0.3) is 0 Å². The molecular weight excluding hydrogens is 148 g/mol. The van der Waals surface area contributed by atoms with E-state index in [2.05, 4.69) is 14.7 Å². The summed E-state index contributed by atoms with van der Waals surface area (Å²) < 4.78 is 4.22. The van der Waals surface area contributed by atoms with Crippen LogP contribution in [0.2, 0.25) is 0 Å². The second-order valence-corrected chi connectivity index (χ2v) is 1.72. The van der Waals surface area contributed by atoms with E-state index >= 15 is 0 Å². The minimum atomic E-state index is -1.32. The lowest BCUT2D eigenvalue weighted by atomic mass is 10.6. The standard InChI is InChI=1S/C6H6N2O3/c9-6(10)11-4-5-7-2-1-3-8-5/h1-3H,4H2,(H,9,10). The predicted octanol–water partition coefficient (Wildman–Crippen LogP) is 0.671. The van der Waals surface area contributed by atoms with Gasteiger partial charge in [0.15, 0.2) is 12.4 Å². The molecule has 1 aromatic rings. The van der Waals surface area contributed by atoms with Crippen molar-refractivity contribution in [1.82, 2.24) is 9.97 Å². The van der Waals surface area contributed by atoms with E-state index in [1.54, 1.807) is 6.07 Å². The largest absolute Gasteiger partial charge is 0.506 e. The molecule has 0 fully saturated rings. The van der Waals surface area contributed by atoms with Crippen LogP contribution in [0.25, 0.3) is 0 Å². The van der Waals surface area contributed by atoms with Crippen molar-refractivity contribution in [2.75, 3.05) is 0 Å². The molecule has 0 aliphatic heterocycles. The Morgan fingerprint density at radius 3 is 2.73 bits per heavy atom. The molecule has 5 nitrogen and oxygen atoms in total. The van der Waals surface area contributed by atoms with Crippen molar-refractivity contribution in [3.05, 3.63) is 24.3 Å². The Bertz CT molecular complexity index is 237. The maximum Gasteiger partial charge on any atom is 0.506 e. The molecular formula is C6H6N2O3. The fourth-order valence-electron chi connectivity index (χ4n) is 0.531. The molecule has 0 saturated heterocycles. The molecule has 0 aromatic carbocycles. The summed E-state index contributed by atoms with van der Waals surface area (Å²) in [5.41, 5.74) is 0. The van der Waals surface area contributed by atoms with Gasteiger partial charge in [-0.1, -0.05) is 0 Å². The number of nitrogens with zero attached hydrogens (tertiary/aromatic N) is 2. The van der Waals surface area contributed by atoms with Gasteiger partial charge in [-0.3, -0.25) is 0 Å². The minimum absolute atomic E-state index is 0.101. The van der Waals surface area contributed by atoms with Crippen LogP contribution in [0.3, 0.4) is 0 Å². The Kier molecular flexibility index (Phi) is 2.37. The average molecular weight is 154 g/mol. The van der Waals surface area contributed by atoms with Crippen LogP contribution < -0.4 is 0 Å². The summed E-state index contributed by atoms with van der Waals surface area (Å²) in [6.07, 6.45) is 1.72. The zero-order valence-corrected chi connectivity index (χ0v) is 5.60. The van der Waals surface area contributed by atoms with Crippen LogP contribution in [-0.4, -0.2) is 21.2 Å². The summed E-state index contributed by atoms with van der Waals surface area (Å²) in [6.45, 7) is -0.101. The third-order valence-corrected chi connectivity index (χ3v) is 0.944. The lowest BCUT2D eigenvalue weighted by molar-refractivity contribution is 0.0830. The first kappa shape index (κ1) is 7.46. The fourth-order valence-corrected chi connectivity index (χ4v) is 0.531. The van der Waals surface area contributed by atoms with Gasteiger partial charge in [0.2, 0.25) is 0 Å². The highest BCUT2D eigenvalue weighted by molar-refractivity contribution is 5.56. The monoisotopic (exact) mass is 154 g/mol. The summed E-state index contributed by atoms with van der Waals surface area (Å²) >= 11 is 0. The van der Waals surface area contributed by atoms with Gasteiger partial charge in [-0.15, -0.1) is 0 Å². The molecule has 0 bridgehead atoms. The molecule has 58 valence electrons. The van der Waals surface area contributed by atoms with E-state index in [9.17, 15) is 4.79 Å². The van der Waals surface area contributed by atoms with Gasteiger partial charge in [0, 0.05) is 12.4 Å². The van der Waals surface area contributed by atoms with Crippen molar-refractivity contribution in [2.24, 2.45) is 0 Å². The SMILES string of the molecule is O=C(O)OCc1ncccn1. The van der Waals surface area contributed by atoms with Crippen LogP contribution in [-0.2, 0) is 11.3 Å². The fraction of sp³-hybridized carbons (Fsp3) is 0.167. The molecule has 1 N–H and O–H groups in total. The van der Waals surface area contributed by atoms with Gasteiger partial charge in [0.1, 0.15) is 0 Å². The van der Waals surface area contributed by atoms with E-state index < -0.39 is 6.16 Å². The van der Waals surface area contributed by atoms with Crippen molar-refractivity contribution in [2.45, 2.75) is 6.61 Å². The smallest absolute Gasteiger partial charge is 0.450 e. The quantitative estimate of drug-likeness (QED) is 0.634. The Morgan fingerprint density at radius 2 is 2.18 bits per heavy atom. The molecule has 1 heterocycles. The summed E-state index contributed by atoms with van der Waals surface area (Å²) in [7, 11) is 0. The zero-order chi connectivity index (χ0) is 8.10. The zero-order valence-electron chi connectivity index (χ0n) is 5.60. The first-order chi connectivity index (χ1) is 5.29. The summed E-state index contributed by atoms with van der Waals surface area (Å²) in [5, 5.41) is 8.10. The van der Waals surface area contributed by atoms with Crippen LogP contribution in [0, 0.1) is 0 Å². The van der Waals surface area contributed by atoms with E-state index in [1.807, 2.05) is 0 Å². The van der Waals surface area contributed by atoms with Gasteiger partial charge >= 0.3 is 6.16 Å². The average Bonchev–Trinajstić information content (AvgIpc) is 2.03. The van der Waals surface area contributed by atoms with Crippen molar-refractivity contribution in [3.8, 4) is 0 Å². The molecule has 0 spiro atoms. The predicted molar refractivity (Wildman–Crippen MR) is 34.8 cm³/mol. The number of rotatable bonds is 2. The second-order valence-electron chi connectivity index (χ2n) is 1.72. The van der Waals surface area contributed by atoms with Gasteiger partial charge in [0.05, 0.1) is 0 Å². The van der Waals surface area contributed by atoms with Crippen LogP contribution in [0.4, 0.5) is 4.79 Å². The Hall–Kier alpha value is -1.65. The number of aromatic nitrogens is 2. The van der Waals surface area contributed by atoms with E-state index in [4.69, 9.17) is 5.11 Å². The topological polar surface area (TPSA) is 72.3 Å². The number of carboxylic acid groups (broad SMARTS) is 1. The third kappa shape index (κ3) is 2.61. The van der Waals surface area contributed by atoms with Crippen LogP contribution in [0.5, 0.6) is 0 Å². The number of ether oxygens (including phenoxy) is 1. The highest BCUT2D eigenvalue weighted by Crippen LogP contribution is 1.90. The number of hydrogen-bond acceptors (Lipinski definition) is 4. The molecule has 0 aliphatic rings. The lowest BCUT2D eigenvalue weighted by Crippen LogP contribution is -2.02. The Balaban J connectivity index is 2.45. The molecule has 0 aliphatic carbocycles. The van der Waals surface area contributed by atoms with E-state index in [1.165, 1.54) is 12.4 Å². The number of hydrogen-bond donors (Lipinski definition) is 1. The first-order valence-corrected chi connectivity index (χ1v) is 2.90. The summed E-state index contributed by atoms with van der Waals surface area (Å²) in [6, 6.07) is 1.64. The van der Waals surface area contributed by atoms with Crippen molar-refractivity contribution in [1.29, 1.82) is 0 Å². The summed E-state index contributed by atoms with van der Waals surface area (Å²) in [5.74, 6) is 0.356. The van der Waals surface area contributed by atoms with Crippen molar-refractivity contribution >= 4 is 6.16 Å². The van der Waals surface area contributed by atoms with Crippen LogP contribution in [0.1, 0.15) is 5.82 Å². The first-order valence-electron chi connectivity index (χ1n) is 2.90. The van der Waals surface area contributed by atoms with Crippen LogP contribution in [0.15, 0.2) is 18.5 Å². The molecule has 1 aromatic heterocycles. The molecule has 0 unspecified atom stereocenters. The molecule has 11 heavy (non-hydrogen) atoms. The van der Waals surface area contributed by atoms with Gasteiger partial charge in [-0.05, 0) is 6.07 Å².